The standard InChI is InChI=1S/C19H13ClFN3/c1-11-16-9-22-19(14-4-2-3-5-17(14)21)15-8-12(20)6-7-13(15)18(16)24-10-23-11/h2-8,10H,9H2,1H3. The van der Waals surface area contributed by atoms with E-state index in [1.165, 1.54) is 6.07 Å². The van der Waals surface area contributed by atoms with Crippen LogP contribution in [0.4, 0.5) is 4.39 Å². The van der Waals surface area contributed by atoms with E-state index < -0.39 is 0 Å². The molecular weight excluding hydrogens is 325 g/mol. The van der Waals surface area contributed by atoms with Crippen molar-refractivity contribution in [2.75, 3.05) is 0 Å². The van der Waals surface area contributed by atoms with Crippen molar-refractivity contribution in [1.29, 1.82) is 0 Å². The van der Waals surface area contributed by atoms with Crippen molar-refractivity contribution >= 4 is 17.3 Å². The molecule has 0 radical (unpaired) electrons. The topological polar surface area (TPSA) is 38.1 Å². The SMILES string of the molecule is Cc1ncnc2c1CN=C(c1ccccc1F)c1cc(Cl)ccc1-2. The van der Waals surface area contributed by atoms with Crippen molar-refractivity contribution in [3.05, 3.63) is 82.0 Å². The number of nitrogens with zero attached hydrogens (tertiary/aromatic N) is 3. The third-order valence-corrected chi connectivity index (χ3v) is 4.41. The Bertz CT molecular complexity index is 982. The third-order valence-electron chi connectivity index (χ3n) is 4.18. The molecule has 2 heterocycles. The Kier molecular flexibility index (Phi) is 3.62. The van der Waals surface area contributed by atoms with Crippen LogP contribution in [-0.2, 0) is 6.54 Å². The Hall–Kier alpha value is -2.59. The van der Waals surface area contributed by atoms with Gasteiger partial charge in [-0.3, -0.25) is 4.99 Å². The summed E-state index contributed by atoms with van der Waals surface area (Å²) in [5.41, 5.74) is 5.36. The largest absolute Gasteiger partial charge is 0.279 e. The molecule has 24 heavy (non-hydrogen) atoms. The quantitative estimate of drug-likeness (QED) is 0.651. The fourth-order valence-corrected chi connectivity index (χ4v) is 3.14. The number of aromatic nitrogens is 2. The van der Waals surface area contributed by atoms with Crippen LogP contribution >= 0.6 is 11.6 Å². The summed E-state index contributed by atoms with van der Waals surface area (Å²) in [5.74, 6) is -0.309. The lowest BCUT2D eigenvalue weighted by Gasteiger charge is -2.12. The van der Waals surface area contributed by atoms with E-state index in [2.05, 4.69) is 15.0 Å². The molecule has 0 unspecified atom stereocenters. The van der Waals surface area contributed by atoms with E-state index in [-0.39, 0.29) is 5.82 Å². The number of benzene rings is 2. The summed E-state index contributed by atoms with van der Waals surface area (Å²) < 4.78 is 14.4. The molecule has 0 saturated heterocycles. The van der Waals surface area contributed by atoms with Crippen molar-refractivity contribution in [2.24, 2.45) is 4.99 Å². The van der Waals surface area contributed by atoms with Crippen LogP contribution in [-0.4, -0.2) is 15.7 Å². The van der Waals surface area contributed by atoms with Crippen LogP contribution in [0, 0.1) is 12.7 Å². The molecule has 3 nitrogen and oxygen atoms in total. The molecule has 0 bridgehead atoms. The second kappa shape index (κ2) is 5.80. The number of hydrogen-bond acceptors (Lipinski definition) is 3. The highest BCUT2D eigenvalue weighted by Gasteiger charge is 2.23. The predicted octanol–water partition coefficient (Wildman–Crippen LogP) is 4.60. The number of fused-ring (bicyclic) bond motifs is 3. The zero-order valence-corrected chi connectivity index (χ0v) is 13.7. The van der Waals surface area contributed by atoms with Gasteiger partial charge < -0.3 is 0 Å². The maximum atomic E-state index is 14.4. The molecule has 1 aliphatic rings. The van der Waals surface area contributed by atoms with Crippen molar-refractivity contribution < 1.29 is 4.39 Å². The van der Waals surface area contributed by atoms with Gasteiger partial charge in [-0.2, -0.15) is 0 Å². The molecule has 0 N–H and O–H groups in total. The minimum absolute atomic E-state index is 0.309. The molecule has 5 heteroatoms. The first kappa shape index (κ1) is 15.0. The molecule has 0 saturated carbocycles. The van der Waals surface area contributed by atoms with Gasteiger partial charge in [-0.05, 0) is 31.2 Å². The second-order valence-corrected chi connectivity index (χ2v) is 6.06. The smallest absolute Gasteiger partial charge is 0.132 e. The molecule has 0 fully saturated rings. The van der Waals surface area contributed by atoms with E-state index in [4.69, 9.17) is 11.6 Å². The molecule has 4 rings (SSSR count). The van der Waals surface area contributed by atoms with E-state index in [1.54, 1.807) is 24.5 Å². The zero-order chi connectivity index (χ0) is 16.7. The van der Waals surface area contributed by atoms with Gasteiger partial charge in [0, 0.05) is 33.0 Å². The average Bonchev–Trinajstić information content (AvgIpc) is 2.73. The number of hydrogen-bond donors (Lipinski definition) is 0. The van der Waals surface area contributed by atoms with Gasteiger partial charge in [0.2, 0.25) is 0 Å². The number of halogens is 2. The molecule has 118 valence electrons. The molecular formula is C19H13ClFN3. The molecule has 0 atom stereocenters. The van der Waals surface area contributed by atoms with Crippen LogP contribution in [0.25, 0.3) is 11.3 Å². The summed E-state index contributed by atoms with van der Waals surface area (Å²) >= 11 is 6.20. The van der Waals surface area contributed by atoms with Crippen LogP contribution in [0.1, 0.15) is 22.4 Å². The Morgan fingerprint density at radius 1 is 1.00 bits per heavy atom. The summed E-state index contributed by atoms with van der Waals surface area (Å²) in [4.78, 5) is 13.4. The monoisotopic (exact) mass is 337 g/mol. The Morgan fingerprint density at radius 3 is 2.67 bits per heavy atom. The molecule has 1 aromatic heterocycles. The Morgan fingerprint density at radius 2 is 1.83 bits per heavy atom. The third kappa shape index (κ3) is 2.39. The summed E-state index contributed by atoms with van der Waals surface area (Å²) in [6.45, 7) is 2.33. The normalized spacial score (nSPS) is 12.9. The highest BCUT2D eigenvalue weighted by atomic mass is 35.5. The maximum Gasteiger partial charge on any atom is 0.132 e. The maximum absolute atomic E-state index is 14.4. The van der Waals surface area contributed by atoms with E-state index >= 15 is 0 Å². The first-order valence-corrected chi connectivity index (χ1v) is 7.93. The lowest BCUT2D eigenvalue weighted by Crippen LogP contribution is -2.07. The van der Waals surface area contributed by atoms with Crippen molar-refractivity contribution in [3.8, 4) is 11.3 Å². The van der Waals surface area contributed by atoms with Gasteiger partial charge in [-0.25, -0.2) is 14.4 Å². The summed E-state index contributed by atoms with van der Waals surface area (Å²) in [5, 5.41) is 0.576. The van der Waals surface area contributed by atoms with Crippen LogP contribution < -0.4 is 0 Å². The second-order valence-electron chi connectivity index (χ2n) is 5.62. The Balaban J connectivity index is 2.04. The minimum Gasteiger partial charge on any atom is -0.279 e. The van der Waals surface area contributed by atoms with E-state index in [0.29, 0.717) is 22.8 Å². The number of aliphatic imine (C=N–C) groups is 1. The lowest BCUT2D eigenvalue weighted by atomic mass is 9.95. The average molecular weight is 338 g/mol. The van der Waals surface area contributed by atoms with Crippen LogP contribution in [0.5, 0.6) is 0 Å². The fourth-order valence-electron chi connectivity index (χ4n) is 2.97. The molecule has 1 aliphatic heterocycles. The molecule has 3 aromatic rings. The molecule has 0 aliphatic carbocycles. The van der Waals surface area contributed by atoms with Gasteiger partial charge in [-0.15, -0.1) is 0 Å². The fraction of sp³-hybridized carbons (Fsp3) is 0.105. The lowest BCUT2D eigenvalue weighted by molar-refractivity contribution is 0.625. The van der Waals surface area contributed by atoms with E-state index in [1.807, 2.05) is 25.1 Å². The highest BCUT2D eigenvalue weighted by Crippen LogP contribution is 2.33. The number of rotatable bonds is 1. The van der Waals surface area contributed by atoms with Gasteiger partial charge in [0.15, 0.2) is 0 Å². The molecule has 2 aromatic carbocycles. The van der Waals surface area contributed by atoms with Gasteiger partial charge in [0.05, 0.1) is 18.0 Å². The summed E-state index contributed by atoms with van der Waals surface area (Å²) in [7, 11) is 0. The van der Waals surface area contributed by atoms with Crippen LogP contribution in [0.3, 0.4) is 0 Å². The minimum atomic E-state index is -0.309. The van der Waals surface area contributed by atoms with Gasteiger partial charge in [0.25, 0.3) is 0 Å². The first-order valence-electron chi connectivity index (χ1n) is 7.55. The van der Waals surface area contributed by atoms with Crippen molar-refractivity contribution in [2.45, 2.75) is 13.5 Å². The first-order chi connectivity index (χ1) is 11.6. The van der Waals surface area contributed by atoms with Crippen molar-refractivity contribution in [1.82, 2.24) is 9.97 Å². The zero-order valence-electron chi connectivity index (χ0n) is 12.9. The highest BCUT2D eigenvalue weighted by molar-refractivity contribution is 6.31. The van der Waals surface area contributed by atoms with E-state index in [0.717, 1.165) is 28.1 Å². The summed E-state index contributed by atoms with van der Waals surface area (Å²) in [6, 6.07) is 12.2. The van der Waals surface area contributed by atoms with Gasteiger partial charge >= 0.3 is 0 Å². The molecule has 0 spiro atoms. The van der Waals surface area contributed by atoms with Crippen molar-refractivity contribution in [3.63, 3.8) is 0 Å². The summed E-state index contributed by atoms with van der Waals surface area (Å²) in [6.07, 6.45) is 1.54. The van der Waals surface area contributed by atoms with Crippen LogP contribution in [0.2, 0.25) is 5.02 Å². The predicted molar refractivity (Wildman–Crippen MR) is 93.0 cm³/mol. The van der Waals surface area contributed by atoms with E-state index in [9.17, 15) is 4.39 Å². The van der Waals surface area contributed by atoms with Crippen LogP contribution in [0.15, 0.2) is 53.8 Å². The van der Waals surface area contributed by atoms with Gasteiger partial charge in [-0.1, -0.05) is 29.8 Å². The Labute approximate surface area is 143 Å². The number of aryl methyl sites for hydroxylation is 1. The molecule has 0 amide bonds. The van der Waals surface area contributed by atoms with Gasteiger partial charge in [0.1, 0.15) is 12.1 Å².